The van der Waals surface area contributed by atoms with Crippen molar-refractivity contribution < 1.29 is 165 Å². The van der Waals surface area contributed by atoms with Crippen molar-refractivity contribution in [2.75, 3.05) is 13.2 Å². The van der Waals surface area contributed by atoms with Crippen LogP contribution < -0.4 is 29.6 Å². The second-order valence-corrected chi connectivity index (χ2v) is 27.7. The molecule has 9 rings (SSSR count). The molecule has 0 amide bonds. The van der Waals surface area contributed by atoms with Crippen molar-refractivity contribution in [3.8, 4) is 0 Å². The number of hydrogen-bond donors (Lipinski definition) is 13. The number of hydrogen-bond acceptors (Lipinski definition) is 28. The molecule has 28 nitrogen and oxygen atoms in total. The predicted molar refractivity (Wildman–Crippen MR) is 284 cm³/mol. The van der Waals surface area contributed by atoms with Gasteiger partial charge in [-0.15, -0.1) is 0 Å². The third kappa shape index (κ3) is 14.2. The fourth-order valence-electron chi connectivity index (χ4n) is 15.8. The smallest absolute Gasteiger partial charge is 0.726 e. The quantitative estimate of drug-likeness (QED) is 0.0263. The second-order valence-electron chi connectivity index (χ2n) is 26.6. The van der Waals surface area contributed by atoms with Gasteiger partial charge in [0.2, 0.25) is 10.4 Å². The molecule has 86 heavy (non-hydrogen) atoms. The van der Waals surface area contributed by atoms with Gasteiger partial charge in [-0.3, -0.25) is 8.98 Å². The number of ketones is 1. The molecule has 5 saturated heterocycles. The largest absolute Gasteiger partial charge is 1.00 e. The van der Waals surface area contributed by atoms with Crippen LogP contribution in [0.4, 0.5) is 0 Å². The summed E-state index contributed by atoms with van der Waals surface area (Å²) in [6, 6.07) is 0. The minimum atomic E-state index is -5.13. The molecule has 5 heterocycles. The third-order valence-electron chi connectivity index (χ3n) is 20.3. The summed E-state index contributed by atoms with van der Waals surface area (Å²) >= 11 is 0. The van der Waals surface area contributed by atoms with Crippen molar-refractivity contribution in [2.45, 2.75) is 278 Å². The maximum atomic E-state index is 13.2. The Hall–Kier alpha value is -0.640. The van der Waals surface area contributed by atoms with E-state index in [4.69, 9.17) is 51.6 Å². The van der Waals surface area contributed by atoms with Crippen molar-refractivity contribution in [3.05, 3.63) is 11.6 Å². The molecule has 490 valence electrons. The predicted octanol–water partition coefficient (Wildman–Crippen LogP) is -6.02. The van der Waals surface area contributed by atoms with E-state index in [1.165, 1.54) is 20.8 Å². The molecule has 33 atom stereocenters. The molecule has 13 N–H and O–H groups in total. The number of Topliss-reactive ketones (excluding diaryl/α,β-unsaturated/α-hetero) is 1. The number of rotatable bonds is 18. The molecule has 8 fully saturated rings. The zero-order chi connectivity index (χ0) is 62.3. The summed E-state index contributed by atoms with van der Waals surface area (Å²) in [4.78, 5) is 13.2. The zero-order valence-electron chi connectivity index (χ0n) is 50.1. The fraction of sp³-hybridized carbons (Fsp3) is 0.946. The van der Waals surface area contributed by atoms with Gasteiger partial charge in [-0.25, -0.2) is 8.42 Å². The minimum Gasteiger partial charge on any atom is -0.726 e. The van der Waals surface area contributed by atoms with Gasteiger partial charge in [0.15, 0.2) is 31.5 Å². The van der Waals surface area contributed by atoms with Crippen molar-refractivity contribution in [1.82, 2.24) is 0 Å². The van der Waals surface area contributed by atoms with Crippen LogP contribution in [0, 0.1) is 40.4 Å². The van der Waals surface area contributed by atoms with Gasteiger partial charge in [-0.2, -0.15) is 0 Å². The van der Waals surface area contributed by atoms with E-state index in [9.17, 15) is 84.1 Å². The molecule has 9 aliphatic rings. The van der Waals surface area contributed by atoms with Crippen molar-refractivity contribution in [1.29, 1.82) is 0 Å². The number of ether oxygens (including phenoxy) is 10. The van der Waals surface area contributed by atoms with Crippen LogP contribution in [0.1, 0.15) is 113 Å². The van der Waals surface area contributed by atoms with Crippen LogP contribution in [0.5, 0.6) is 0 Å². The van der Waals surface area contributed by atoms with Crippen molar-refractivity contribution in [3.63, 3.8) is 0 Å². The number of allylic oxidation sites excluding steroid dienone is 2. The van der Waals surface area contributed by atoms with Crippen molar-refractivity contribution in [2.24, 2.45) is 40.4 Å². The molecule has 0 radical (unpaired) electrons. The maximum absolute atomic E-state index is 13.2. The van der Waals surface area contributed by atoms with E-state index in [-0.39, 0.29) is 78.3 Å². The van der Waals surface area contributed by atoms with Crippen LogP contribution in [-0.4, -0.2) is 264 Å². The van der Waals surface area contributed by atoms with Gasteiger partial charge < -0.3 is 118 Å². The summed E-state index contributed by atoms with van der Waals surface area (Å²) < 4.78 is 102. The number of fused-ring (bicyclic) bond motifs is 5. The molecule has 0 bridgehead atoms. The van der Waals surface area contributed by atoms with Crippen LogP contribution >= 0.6 is 0 Å². The molecule has 4 aliphatic carbocycles. The minimum absolute atomic E-state index is 0. The Morgan fingerprint density at radius 3 is 1.78 bits per heavy atom. The summed E-state index contributed by atoms with van der Waals surface area (Å²) in [6.07, 6.45) is -37.5. The van der Waals surface area contributed by atoms with Crippen LogP contribution in [0.3, 0.4) is 0 Å². The summed E-state index contributed by atoms with van der Waals surface area (Å²) in [6.45, 7) is 12.5. The first kappa shape index (κ1) is 71.2. The van der Waals surface area contributed by atoms with E-state index in [0.717, 1.165) is 5.57 Å². The Morgan fingerprint density at radius 1 is 0.663 bits per heavy atom. The Bertz CT molecular complexity index is 2430. The molecule has 30 heteroatoms. The van der Waals surface area contributed by atoms with E-state index in [2.05, 4.69) is 19.9 Å². The zero-order valence-corrected chi connectivity index (χ0v) is 52.9. The number of aliphatic hydroxyl groups excluding tert-OH is 12. The Labute approximate surface area is 522 Å². The molecule has 33 unspecified atom stereocenters. The van der Waals surface area contributed by atoms with Crippen LogP contribution in [0.2, 0.25) is 0 Å². The molecule has 5 aliphatic heterocycles. The van der Waals surface area contributed by atoms with Gasteiger partial charge >= 0.3 is 29.6 Å². The average Bonchev–Trinajstić information content (AvgIpc) is 1.30. The van der Waals surface area contributed by atoms with Gasteiger partial charge in [0, 0.05) is 12.8 Å². The summed E-state index contributed by atoms with van der Waals surface area (Å²) in [5.41, 5.74) is -1.31. The average molecular weight is 1270 g/mol. The Balaban J connectivity index is 0.00000961. The van der Waals surface area contributed by atoms with E-state index >= 15 is 0 Å². The first-order valence-electron chi connectivity index (χ1n) is 29.9. The summed E-state index contributed by atoms with van der Waals surface area (Å²) in [5.74, 6) is -0.864. The summed E-state index contributed by atoms with van der Waals surface area (Å²) in [7, 11) is -5.13. The Morgan fingerprint density at radius 2 is 1.21 bits per heavy atom. The fourth-order valence-corrected chi connectivity index (χ4v) is 16.3. The summed E-state index contributed by atoms with van der Waals surface area (Å²) in [5, 5.41) is 145. The monoisotopic (exact) mass is 1270 g/mol. The first-order valence-corrected chi connectivity index (χ1v) is 31.2. The molecule has 0 aromatic carbocycles. The number of carbonyl (C=O) groups is 1. The molecular formula is C56H91NaO28S. The molecule has 0 spiro atoms. The normalized spacial score (nSPS) is 50.7. The van der Waals surface area contributed by atoms with Gasteiger partial charge in [0.25, 0.3) is 0 Å². The van der Waals surface area contributed by atoms with Gasteiger partial charge in [-0.05, 0) is 113 Å². The van der Waals surface area contributed by atoms with E-state index < -0.39 is 206 Å². The van der Waals surface area contributed by atoms with E-state index in [0.29, 0.717) is 38.5 Å². The maximum Gasteiger partial charge on any atom is 1.00 e. The SMILES string of the molecule is CC(C)CC(=O)CC(C)(O)C1CCC2C3CC(OC4OC(C)C(O)C(OC5OCC(OC6OC(CO)C(O)C(O)C6OC6OC(C)C(O)C(O)C6O)C(O)C5OC5OC(C)C(O)C(O)C5O)C4O)C4CC(OS(=O)(=O)[O-])CCC4(C)C3=CCC21C.[Na+]. The van der Waals surface area contributed by atoms with E-state index in [1.54, 1.807) is 6.92 Å². The van der Waals surface area contributed by atoms with Crippen LogP contribution in [0.25, 0.3) is 0 Å². The van der Waals surface area contributed by atoms with Crippen LogP contribution in [0.15, 0.2) is 11.6 Å². The Kier molecular flexibility index (Phi) is 23.0. The number of aliphatic hydroxyl groups is 13. The molecular weight excluding hydrogens is 1180 g/mol. The van der Waals surface area contributed by atoms with Gasteiger partial charge in [0.05, 0.1) is 49.3 Å². The third-order valence-corrected chi connectivity index (χ3v) is 20.8. The topological polar surface area (TPSA) is 439 Å². The van der Waals surface area contributed by atoms with Gasteiger partial charge in [0.1, 0.15) is 103 Å². The standard InChI is InChI=1S/C56H92O28S.Na/c1-21(2)15-25(58)18-56(8,70)34-10-9-28-27-17-31(30-16-26(84-85(71,72)73)11-13-54(30,6)29(27)12-14-55(28,34)7)78-51-45(69)46(37(61)24(5)77-51)81-52-47(82-49-43(67)40(64)35(59)22(3)75-49)39(63)33(20-74-52)80-53-48(42(66)38(62)32(19-57)79-53)83-50-44(68)41(65)36(60)23(4)76-50;/h12,21-24,26-28,30-53,57,59-70H,9-11,13-20H2,1-8H3,(H,71,72,73);/q;+1/p-1. The number of carbonyl (C=O) groups excluding carboxylic acids is 1. The first-order chi connectivity index (χ1) is 39.7. The van der Waals surface area contributed by atoms with Gasteiger partial charge in [-0.1, -0.05) is 39.3 Å². The van der Waals surface area contributed by atoms with Crippen LogP contribution in [-0.2, 0) is 66.7 Å². The van der Waals surface area contributed by atoms with Crippen molar-refractivity contribution >= 4 is 16.2 Å². The molecule has 0 aromatic rings. The second kappa shape index (κ2) is 27.7. The molecule has 3 saturated carbocycles. The molecule has 0 aromatic heterocycles. The van der Waals surface area contributed by atoms with E-state index in [1.807, 2.05) is 13.8 Å².